The van der Waals surface area contributed by atoms with Crippen molar-refractivity contribution in [2.24, 2.45) is 0 Å². The maximum atomic E-state index is 13.2. The van der Waals surface area contributed by atoms with Gasteiger partial charge >= 0.3 is 5.69 Å². The Balaban J connectivity index is 2.06. The first-order chi connectivity index (χ1) is 12.7. The number of imidazole rings is 1. The SMILES string of the molecule is O=c1n(-c2ccccc2)c(O)c(-c2ccc(Cl)cc2)n1-c1ccccc1. The molecule has 0 atom stereocenters. The molecule has 0 radical (unpaired) electrons. The molecule has 0 fully saturated rings. The van der Waals surface area contributed by atoms with Crippen LogP contribution in [0.2, 0.25) is 5.02 Å². The minimum atomic E-state index is -0.343. The first-order valence-electron chi connectivity index (χ1n) is 8.10. The molecule has 5 heteroatoms. The van der Waals surface area contributed by atoms with Crippen molar-refractivity contribution >= 4 is 11.6 Å². The molecule has 0 amide bonds. The van der Waals surface area contributed by atoms with E-state index in [0.29, 0.717) is 27.7 Å². The molecular formula is C21H15ClN2O2. The molecule has 0 aliphatic heterocycles. The number of para-hydroxylation sites is 2. The van der Waals surface area contributed by atoms with Gasteiger partial charge in [0.25, 0.3) is 0 Å². The minimum Gasteiger partial charge on any atom is -0.493 e. The van der Waals surface area contributed by atoms with Crippen LogP contribution in [-0.2, 0) is 0 Å². The first kappa shape index (κ1) is 16.2. The van der Waals surface area contributed by atoms with Gasteiger partial charge in [-0.3, -0.25) is 4.57 Å². The van der Waals surface area contributed by atoms with Crippen LogP contribution in [-0.4, -0.2) is 14.2 Å². The third kappa shape index (κ3) is 2.70. The van der Waals surface area contributed by atoms with E-state index in [-0.39, 0.29) is 11.6 Å². The summed E-state index contributed by atoms with van der Waals surface area (Å²) in [6.45, 7) is 0. The van der Waals surface area contributed by atoms with Gasteiger partial charge in [-0.15, -0.1) is 0 Å². The average molecular weight is 363 g/mol. The van der Waals surface area contributed by atoms with Crippen molar-refractivity contribution in [3.05, 3.63) is 100 Å². The Morgan fingerprint density at radius 3 is 1.73 bits per heavy atom. The molecule has 4 nitrogen and oxygen atoms in total. The zero-order valence-corrected chi connectivity index (χ0v) is 14.5. The second-order valence-electron chi connectivity index (χ2n) is 5.80. The molecule has 0 aliphatic carbocycles. The molecule has 4 aromatic rings. The molecule has 1 heterocycles. The maximum Gasteiger partial charge on any atom is 0.340 e. The van der Waals surface area contributed by atoms with Crippen LogP contribution in [0.4, 0.5) is 0 Å². The van der Waals surface area contributed by atoms with Crippen molar-refractivity contribution < 1.29 is 5.11 Å². The van der Waals surface area contributed by atoms with Gasteiger partial charge in [-0.1, -0.05) is 60.1 Å². The summed E-state index contributed by atoms with van der Waals surface area (Å²) >= 11 is 5.99. The lowest BCUT2D eigenvalue weighted by Crippen LogP contribution is -2.22. The van der Waals surface area contributed by atoms with E-state index in [1.165, 1.54) is 9.13 Å². The van der Waals surface area contributed by atoms with Gasteiger partial charge in [0.15, 0.2) is 0 Å². The smallest absolute Gasteiger partial charge is 0.340 e. The summed E-state index contributed by atoms with van der Waals surface area (Å²) in [5.74, 6) is -0.118. The van der Waals surface area contributed by atoms with Crippen molar-refractivity contribution in [2.75, 3.05) is 0 Å². The largest absolute Gasteiger partial charge is 0.493 e. The predicted octanol–water partition coefficient (Wildman–Crippen LogP) is 4.65. The van der Waals surface area contributed by atoms with Crippen molar-refractivity contribution in [2.45, 2.75) is 0 Å². The van der Waals surface area contributed by atoms with Gasteiger partial charge in [0.1, 0.15) is 5.69 Å². The third-order valence-corrected chi connectivity index (χ3v) is 4.43. The van der Waals surface area contributed by atoms with Crippen molar-refractivity contribution in [3.63, 3.8) is 0 Å². The quantitative estimate of drug-likeness (QED) is 0.576. The molecule has 0 bridgehead atoms. The summed E-state index contributed by atoms with van der Waals surface area (Å²) < 4.78 is 2.81. The zero-order valence-electron chi connectivity index (χ0n) is 13.7. The number of nitrogens with zero attached hydrogens (tertiary/aromatic N) is 2. The molecule has 26 heavy (non-hydrogen) atoms. The Kier molecular flexibility index (Phi) is 4.11. The van der Waals surface area contributed by atoms with Gasteiger partial charge in [0.05, 0.1) is 11.4 Å². The number of aromatic hydroxyl groups is 1. The molecule has 128 valence electrons. The van der Waals surface area contributed by atoms with E-state index < -0.39 is 0 Å². The van der Waals surface area contributed by atoms with Gasteiger partial charge < -0.3 is 5.11 Å². The van der Waals surface area contributed by atoms with Gasteiger partial charge in [-0.2, -0.15) is 0 Å². The Morgan fingerprint density at radius 1 is 0.692 bits per heavy atom. The van der Waals surface area contributed by atoms with Crippen LogP contribution in [0, 0.1) is 0 Å². The van der Waals surface area contributed by atoms with Crippen LogP contribution in [0.1, 0.15) is 0 Å². The highest BCUT2D eigenvalue weighted by Crippen LogP contribution is 2.33. The number of rotatable bonds is 3. The first-order valence-corrected chi connectivity index (χ1v) is 8.48. The lowest BCUT2D eigenvalue weighted by Gasteiger charge is -2.07. The fourth-order valence-electron chi connectivity index (χ4n) is 2.98. The lowest BCUT2D eigenvalue weighted by atomic mass is 10.1. The molecule has 1 N–H and O–H groups in total. The monoisotopic (exact) mass is 362 g/mol. The fraction of sp³-hybridized carbons (Fsp3) is 0. The predicted molar refractivity (Wildman–Crippen MR) is 103 cm³/mol. The van der Waals surface area contributed by atoms with E-state index in [1.807, 2.05) is 48.5 Å². The summed E-state index contributed by atoms with van der Waals surface area (Å²) in [5.41, 5.74) is 2.04. The number of hydrogen-bond acceptors (Lipinski definition) is 2. The van der Waals surface area contributed by atoms with Gasteiger partial charge in [-0.25, -0.2) is 9.36 Å². The topological polar surface area (TPSA) is 47.2 Å². The van der Waals surface area contributed by atoms with Gasteiger partial charge in [0, 0.05) is 10.6 Å². The summed E-state index contributed by atoms with van der Waals surface area (Å²) in [6.07, 6.45) is 0. The fourth-order valence-corrected chi connectivity index (χ4v) is 3.11. The van der Waals surface area contributed by atoms with Crippen LogP contribution in [0.3, 0.4) is 0 Å². The molecule has 0 unspecified atom stereocenters. The van der Waals surface area contributed by atoms with Crippen molar-refractivity contribution in [1.29, 1.82) is 0 Å². The standard InChI is InChI=1S/C21H15ClN2O2/c22-16-13-11-15(12-14-16)19-20(25)24(18-9-5-2-6-10-18)21(26)23(19)17-7-3-1-4-8-17/h1-14,25H. The van der Waals surface area contributed by atoms with E-state index in [4.69, 9.17) is 11.6 Å². The Bertz CT molecular complexity index is 1100. The van der Waals surface area contributed by atoms with Crippen LogP contribution in [0.5, 0.6) is 5.88 Å². The third-order valence-electron chi connectivity index (χ3n) is 4.18. The van der Waals surface area contributed by atoms with Crippen LogP contribution in [0.15, 0.2) is 89.7 Å². The summed E-state index contributed by atoms with van der Waals surface area (Å²) in [6, 6.07) is 25.3. The number of benzene rings is 3. The number of halogens is 1. The maximum absolute atomic E-state index is 13.2. The van der Waals surface area contributed by atoms with Gasteiger partial charge in [0.2, 0.25) is 5.88 Å². The highest BCUT2D eigenvalue weighted by atomic mass is 35.5. The van der Waals surface area contributed by atoms with E-state index >= 15 is 0 Å². The normalized spacial score (nSPS) is 10.8. The van der Waals surface area contributed by atoms with E-state index in [9.17, 15) is 9.90 Å². The molecule has 4 rings (SSSR count). The second-order valence-corrected chi connectivity index (χ2v) is 6.24. The average Bonchev–Trinajstić information content (AvgIpc) is 2.94. The Hall–Kier alpha value is -3.24. The minimum absolute atomic E-state index is 0.118. The van der Waals surface area contributed by atoms with Crippen LogP contribution >= 0.6 is 11.6 Å². The summed E-state index contributed by atoms with van der Waals surface area (Å²) in [5, 5.41) is 11.5. The molecule has 3 aromatic carbocycles. The van der Waals surface area contributed by atoms with Crippen molar-refractivity contribution in [3.8, 4) is 28.5 Å². The molecule has 0 saturated heterocycles. The van der Waals surface area contributed by atoms with Crippen LogP contribution < -0.4 is 5.69 Å². The number of hydrogen-bond donors (Lipinski definition) is 1. The van der Waals surface area contributed by atoms with Crippen molar-refractivity contribution in [1.82, 2.24) is 9.13 Å². The molecule has 0 saturated carbocycles. The molecule has 0 spiro atoms. The highest BCUT2D eigenvalue weighted by Gasteiger charge is 2.22. The Morgan fingerprint density at radius 2 is 1.19 bits per heavy atom. The van der Waals surface area contributed by atoms with E-state index in [1.54, 1.807) is 36.4 Å². The summed E-state index contributed by atoms with van der Waals surface area (Å²) in [4.78, 5) is 13.2. The van der Waals surface area contributed by atoms with Gasteiger partial charge in [-0.05, 0) is 36.4 Å². The lowest BCUT2D eigenvalue weighted by molar-refractivity contribution is 0.443. The second kappa shape index (κ2) is 6.58. The van der Waals surface area contributed by atoms with Crippen LogP contribution in [0.25, 0.3) is 22.6 Å². The molecule has 1 aromatic heterocycles. The zero-order chi connectivity index (χ0) is 18.1. The van der Waals surface area contributed by atoms with E-state index in [2.05, 4.69) is 0 Å². The molecule has 0 aliphatic rings. The Labute approximate surface area is 155 Å². The number of aromatic nitrogens is 2. The highest BCUT2D eigenvalue weighted by molar-refractivity contribution is 6.30. The van der Waals surface area contributed by atoms with E-state index in [0.717, 1.165) is 0 Å². The molecular weight excluding hydrogens is 348 g/mol. The summed E-state index contributed by atoms with van der Waals surface area (Å²) in [7, 11) is 0.